The van der Waals surface area contributed by atoms with E-state index in [0.717, 1.165) is 5.69 Å². The predicted octanol–water partition coefficient (Wildman–Crippen LogP) is 2.26. The number of hydrogen-bond acceptors (Lipinski definition) is 2. The van der Waals surface area contributed by atoms with Crippen LogP contribution in [0.3, 0.4) is 0 Å². The van der Waals surface area contributed by atoms with Gasteiger partial charge < -0.3 is 10.6 Å². The van der Waals surface area contributed by atoms with Gasteiger partial charge in [0.05, 0.1) is 5.02 Å². The minimum atomic E-state index is -0.399. The fraction of sp³-hybridized carbons (Fsp3) is 0.400. The third-order valence-corrected chi connectivity index (χ3v) is 2.20. The molecule has 1 aromatic rings. The lowest BCUT2D eigenvalue weighted by Gasteiger charge is -2.21. The van der Waals surface area contributed by atoms with Crippen LogP contribution in [0.5, 0.6) is 0 Å². The summed E-state index contributed by atoms with van der Waals surface area (Å²) in [5.41, 5.74) is 6.52. The maximum absolute atomic E-state index is 12.8. The first-order valence-electron chi connectivity index (χ1n) is 4.42. The van der Waals surface area contributed by atoms with Crippen LogP contribution in [0, 0.1) is 5.82 Å². The minimum Gasteiger partial charge on any atom is -0.373 e. The summed E-state index contributed by atoms with van der Waals surface area (Å²) in [5, 5.41) is 0.138. The van der Waals surface area contributed by atoms with Crippen molar-refractivity contribution in [2.75, 3.05) is 18.5 Å². The van der Waals surface area contributed by atoms with E-state index in [1.54, 1.807) is 12.1 Å². The van der Waals surface area contributed by atoms with Crippen molar-refractivity contribution in [1.82, 2.24) is 0 Å². The molecule has 78 valence electrons. The second-order valence-corrected chi connectivity index (χ2v) is 3.86. The fourth-order valence-electron chi connectivity index (χ4n) is 1.26. The SMILES string of the molecule is CC(N)CN(C)c1ccc(F)c(Cl)c1. The first-order chi connectivity index (χ1) is 6.50. The standard InChI is InChI=1S/C10H14ClFN2/c1-7(13)6-14(2)8-3-4-10(12)9(11)5-8/h3-5,7H,6,13H2,1-2H3. The van der Waals surface area contributed by atoms with Crippen molar-refractivity contribution in [3.05, 3.63) is 29.0 Å². The number of benzene rings is 1. The first kappa shape index (κ1) is 11.3. The molecule has 4 heteroatoms. The van der Waals surface area contributed by atoms with E-state index in [9.17, 15) is 4.39 Å². The van der Waals surface area contributed by atoms with Crippen LogP contribution in [-0.4, -0.2) is 19.6 Å². The lowest BCUT2D eigenvalue weighted by Crippen LogP contribution is -2.32. The molecule has 0 aliphatic heterocycles. The third-order valence-electron chi connectivity index (χ3n) is 1.91. The first-order valence-corrected chi connectivity index (χ1v) is 4.80. The van der Waals surface area contributed by atoms with Crippen LogP contribution in [0.4, 0.5) is 10.1 Å². The number of likely N-dealkylation sites (N-methyl/N-ethyl adjacent to an activating group) is 1. The smallest absolute Gasteiger partial charge is 0.141 e. The maximum Gasteiger partial charge on any atom is 0.141 e. The van der Waals surface area contributed by atoms with Crippen molar-refractivity contribution in [2.45, 2.75) is 13.0 Å². The summed E-state index contributed by atoms with van der Waals surface area (Å²) in [7, 11) is 1.90. The summed E-state index contributed by atoms with van der Waals surface area (Å²) < 4.78 is 12.8. The Hall–Kier alpha value is -0.800. The van der Waals surface area contributed by atoms with Crippen molar-refractivity contribution in [1.29, 1.82) is 0 Å². The molecule has 0 fully saturated rings. The van der Waals surface area contributed by atoms with Crippen LogP contribution < -0.4 is 10.6 Å². The number of anilines is 1. The summed E-state index contributed by atoms with van der Waals surface area (Å²) >= 11 is 5.66. The molecule has 0 bridgehead atoms. The molecule has 0 aromatic heterocycles. The number of halogens is 2. The average Bonchev–Trinajstić information content (AvgIpc) is 2.08. The van der Waals surface area contributed by atoms with Crippen molar-refractivity contribution in [2.24, 2.45) is 5.73 Å². The number of nitrogens with two attached hydrogens (primary N) is 1. The van der Waals surface area contributed by atoms with Gasteiger partial charge in [0.1, 0.15) is 5.82 Å². The summed E-state index contributed by atoms with van der Waals surface area (Å²) in [6, 6.07) is 4.71. The van der Waals surface area contributed by atoms with Crippen molar-refractivity contribution in [3.63, 3.8) is 0 Å². The van der Waals surface area contributed by atoms with Crippen LogP contribution in [0.1, 0.15) is 6.92 Å². The van der Waals surface area contributed by atoms with Crippen molar-refractivity contribution in [3.8, 4) is 0 Å². The van der Waals surface area contributed by atoms with Gasteiger partial charge in [-0.1, -0.05) is 11.6 Å². The van der Waals surface area contributed by atoms with E-state index in [4.69, 9.17) is 17.3 Å². The van der Waals surface area contributed by atoms with Gasteiger partial charge in [-0.25, -0.2) is 4.39 Å². The number of rotatable bonds is 3. The van der Waals surface area contributed by atoms with Gasteiger partial charge >= 0.3 is 0 Å². The van der Waals surface area contributed by atoms with E-state index in [-0.39, 0.29) is 11.1 Å². The molecule has 2 nitrogen and oxygen atoms in total. The second-order valence-electron chi connectivity index (χ2n) is 3.46. The number of nitrogens with zero attached hydrogens (tertiary/aromatic N) is 1. The minimum absolute atomic E-state index is 0.0730. The molecule has 0 spiro atoms. The highest BCUT2D eigenvalue weighted by Crippen LogP contribution is 2.21. The normalized spacial score (nSPS) is 12.6. The summed E-state index contributed by atoms with van der Waals surface area (Å²) in [5.74, 6) is -0.399. The molecule has 14 heavy (non-hydrogen) atoms. The van der Waals surface area contributed by atoms with Crippen LogP contribution in [-0.2, 0) is 0 Å². The number of hydrogen-bond donors (Lipinski definition) is 1. The molecule has 0 heterocycles. The van der Waals surface area contributed by atoms with E-state index >= 15 is 0 Å². The van der Waals surface area contributed by atoms with Gasteiger partial charge in [0, 0.05) is 25.3 Å². The highest BCUT2D eigenvalue weighted by atomic mass is 35.5. The monoisotopic (exact) mass is 216 g/mol. The quantitative estimate of drug-likeness (QED) is 0.840. The molecule has 0 saturated heterocycles. The Bertz CT molecular complexity index is 315. The largest absolute Gasteiger partial charge is 0.373 e. The van der Waals surface area contributed by atoms with Crippen LogP contribution in [0.15, 0.2) is 18.2 Å². The topological polar surface area (TPSA) is 29.3 Å². The van der Waals surface area contributed by atoms with E-state index < -0.39 is 5.82 Å². The van der Waals surface area contributed by atoms with Crippen LogP contribution in [0.25, 0.3) is 0 Å². The Morgan fingerprint density at radius 2 is 2.21 bits per heavy atom. The van der Waals surface area contributed by atoms with E-state index in [1.165, 1.54) is 6.07 Å². The third kappa shape index (κ3) is 2.86. The molecule has 0 amide bonds. The van der Waals surface area contributed by atoms with Crippen molar-refractivity contribution < 1.29 is 4.39 Å². The van der Waals surface area contributed by atoms with E-state index in [1.807, 2.05) is 18.9 Å². The highest BCUT2D eigenvalue weighted by molar-refractivity contribution is 6.31. The maximum atomic E-state index is 12.8. The molecule has 0 saturated carbocycles. The fourth-order valence-corrected chi connectivity index (χ4v) is 1.43. The molecular weight excluding hydrogens is 203 g/mol. The Kier molecular flexibility index (Phi) is 3.72. The Morgan fingerprint density at radius 1 is 1.57 bits per heavy atom. The zero-order valence-corrected chi connectivity index (χ0v) is 9.05. The summed E-state index contributed by atoms with van der Waals surface area (Å²) in [6.45, 7) is 2.63. The lowest BCUT2D eigenvalue weighted by atomic mass is 10.2. The van der Waals surface area contributed by atoms with E-state index in [0.29, 0.717) is 6.54 Å². The molecule has 1 rings (SSSR count). The van der Waals surface area contributed by atoms with Crippen LogP contribution in [0.2, 0.25) is 5.02 Å². The molecule has 1 aromatic carbocycles. The molecular formula is C10H14ClFN2. The average molecular weight is 217 g/mol. The Morgan fingerprint density at radius 3 is 2.71 bits per heavy atom. The lowest BCUT2D eigenvalue weighted by molar-refractivity contribution is 0.627. The Balaban J connectivity index is 2.80. The Labute approximate surface area is 88.5 Å². The van der Waals surface area contributed by atoms with Crippen molar-refractivity contribution >= 4 is 17.3 Å². The van der Waals surface area contributed by atoms with Gasteiger partial charge in [0.15, 0.2) is 0 Å². The zero-order valence-electron chi connectivity index (χ0n) is 8.30. The van der Waals surface area contributed by atoms with Gasteiger partial charge in [-0.05, 0) is 25.1 Å². The van der Waals surface area contributed by atoms with Gasteiger partial charge in [-0.2, -0.15) is 0 Å². The molecule has 0 radical (unpaired) electrons. The molecule has 1 unspecified atom stereocenters. The van der Waals surface area contributed by atoms with Gasteiger partial charge in [-0.15, -0.1) is 0 Å². The molecule has 0 aliphatic carbocycles. The summed E-state index contributed by atoms with van der Waals surface area (Å²) in [6.07, 6.45) is 0. The van der Waals surface area contributed by atoms with Gasteiger partial charge in [0.2, 0.25) is 0 Å². The highest BCUT2D eigenvalue weighted by Gasteiger charge is 2.06. The van der Waals surface area contributed by atoms with Crippen LogP contribution >= 0.6 is 11.6 Å². The molecule has 1 atom stereocenters. The molecule has 2 N–H and O–H groups in total. The predicted molar refractivity (Wildman–Crippen MR) is 58.3 cm³/mol. The van der Waals surface area contributed by atoms with Gasteiger partial charge in [0.25, 0.3) is 0 Å². The molecule has 0 aliphatic rings. The summed E-state index contributed by atoms with van der Waals surface area (Å²) in [4.78, 5) is 1.94. The second kappa shape index (κ2) is 4.62. The van der Waals surface area contributed by atoms with E-state index in [2.05, 4.69) is 0 Å². The zero-order chi connectivity index (χ0) is 10.7. The van der Waals surface area contributed by atoms with Gasteiger partial charge in [-0.3, -0.25) is 0 Å².